The van der Waals surface area contributed by atoms with Crippen molar-refractivity contribution in [2.45, 2.75) is 159 Å². The molecule has 1 aromatic rings. The van der Waals surface area contributed by atoms with E-state index in [4.69, 9.17) is 16.3 Å². The van der Waals surface area contributed by atoms with Crippen molar-refractivity contribution in [2.24, 2.45) is 50.2 Å². The molecule has 0 heterocycles. The van der Waals surface area contributed by atoms with Crippen molar-refractivity contribution < 1.29 is 33.7 Å². The van der Waals surface area contributed by atoms with Crippen molar-refractivity contribution in [3.05, 3.63) is 45.7 Å². The molecule has 8 nitrogen and oxygen atoms in total. The maximum Gasteiger partial charge on any atom is 0.309 e. The molecule has 3 fully saturated rings. The number of aliphatic carboxylic acids is 1. The fraction of sp³-hybridized carbons (Fsp3) is 0.776. The average molecular weight is 844 g/mol. The molecule has 0 unspecified atom stereocenters. The van der Waals surface area contributed by atoms with Crippen LogP contribution in [0, 0.1) is 56.1 Å². The molecule has 0 spiro atoms. The molecule has 1 aromatic carbocycles. The van der Waals surface area contributed by atoms with Gasteiger partial charge in [-0.25, -0.2) is 4.39 Å². The Morgan fingerprint density at radius 2 is 1.69 bits per heavy atom. The Balaban J connectivity index is 1.46. The molecule has 0 bridgehead atoms. The van der Waals surface area contributed by atoms with Crippen LogP contribution in [-0.4, -0.2) is 83.7 Å². The van der Waals surface area contributed by atoms with E-state index in [0.29, 0.717) is 43.5 Å². The zero-order valence-corrected chi connectivity index (χ0v) is 39.2. The maximum atomic E-state index is 15.2. The summed E-state index contributed by atoms with van der Waals surface area (Å²) < 4.78 is 21.4. The van der Waals surface area contributed by atoms with Crippen molar-refractivity contribution in [1.29, 1.82) is 0 Å². The highest BCUT2D eigenvalue weighted by molar-refractivity contribution is 6.30. The Bertz CT molecular complexity index is 1780. The zero-order valence-electron chi connectivity index (χ0n) is 38.4. The van der Waals surface area contributed by atoms with Gasteiger partial charge < -0.3 is 19.8 Å². The Morgan fingerprint density at radius 1 is 1.02 bits per heavy atom. The number of nitrogens with zero attached hydrogens (tertiary/aromatic N) is 2. The molecular formula is C49H76ClFN2O6. The average Bonchev–Trinajstić information content (AvgIpc) is 3.43. The van der Waals surface area contributed by atoms with Gasteiger partial charge >= 0.3 is 11.9 Å². The second-order valence-corrected chi connectivity index (χ2v) is 22.3. The first-order chi connectivity index (χ1) is 27.3. The smallest absolute Gasteiger partial charge is 0.309 e. The predicted molar refractivity (Wildman–Crippen MR) is 233 cm³/mol. The molecular weight excluding hydrogens is 767 g/mol. The number of aliphatic hydroxyl groups excluding tert-OH is 1. The molecule has 8 atom stereocenters. The van der Waals surface area contributed by atoms with E-state index in [9.17, 15) is 24.6 Å². The molecule has 0 aliphatic heterocycles. The fourth-order valence-electron chi connectivity index (χ4n) is 13.0. The molecule has 0 saturated heterocycles. The van der Waals surface area contributed by atoms with Crippen LogP contribution in [-0.2, 0) is 25.7 Å². The van der Waals surface area contributed by atoms with Crippen molar-refractivity contribution in [3.8, 4) is 0 Å². The van der Waals surface area contributed by atoms with Crippen LogP contribution in [0.2, 0.25) is 5.02 Å². The molecule has 2 N–H and O–H groups in total. The number of ketones is 1. The van der Waals surface area contributed by atoms with E-state index in [-0.39, 0.29) is 50.9 Å². The molecule has 4 aliphatic rings. The number of hydrogen-bond donors (Lipinski definition) is 2. The van der Waals surface area contributed by atoms with Gasteiger partial charge in [-0.1, -0.05) is 91.1 Å². The van der Waals surface area contributed by atoms with Gasteiger partial charge in [0.15, 0.2) is 5.78 Å². The molecule has 59 heavy (non-hydrogen) atoms. The van der Waals surface area contributed by atoms with Gasteiger partial charge in [-0.15, -0.1) is 0 Å². The van der Waals surface area contributed by atoms with Crippen LogP contribution in [0.25, 0.3) is 0 Å². The summed E-state index contributed by atoms with van der Waals surface area (Å²) in [5, 5.41) is 22.3. The predicted octanol–water partition coefficient (Wildman–Crippen LogP) is 10.4. The van der Waals surface area contributed by atoms with Crippen molar-refractivity contribution in [3.63, 3.8) is 0 Å². The minimum atomic E-state index is -1.19. The third kappa shape index (κ3) is 8.84. The summed E-state index contributed by atoms with van der Waals surface area (Å²) in [6, 6.07) is 5.08. The number of ether oxygens (including phenoxy) is 1. The number of carbonyl (C=O) groups excluding carboxylic acids is 2. The fourth-order valence-corrected chi connectivity index (χ4v) is 13.2. The summed E-state index contributed by atoms with van der Waals surface area (Å²) in [4.78, 5) is 43.4. The summed E-state index contributed by atoms with van der Waals surface area (Å²) in [5.74, 6) is -0.992. The lowest BCUT2D eigenvalue weighted by atomic mass is 9.37. The number of Topliss-reactive ketones (excluding diaryl/α,β-unsaturated/α-hetero) is 1. The van der Waals surface area contributed by atoms with Gasteiger partial charge in [0.2, 0.25) is 0 Å². The number of likely N-dealkylation sites (N-methyl/N-ethyl adjacent to an activating group) is 1. The number of halogens is 2. The minimum absolute atomic E-state index is 0.0177. The Morgan fingerprint density at radius 3 is 2.31 bits per heavy atom. The summed E-state index contributed by atoms with van der Waals surface area (Å²) in [6.07, 6.45) is 7.26. The molecule has 10 heteroatoms. The van der Waals surface area contributed by atoms with E-state index in [1.165, 1.54) is 0 Å². The summed E-state index contributed by atoms with van der Waals surface area (Å²) in [6.45, 7) is 23.6. The molecule has 3 saturated carbocycles. The quantitative estimate of drug-likeness (QED) is 0.159. The number of aliphatic hydroxyl groups is 1. The normalized spacial score (nSPS) is 32.7. The van der Waals surface area contributed by atoms with E-state index in [0.717, 1.165) is 75.5 Å². The molecule has 0 amide bonds. The lowest BCUT2D eigenvalue weighted by Crippen LogP contribution is -2.62. The first kappa shape index (κ1) is 47.7. The summed E-state index contributed by atoms with van der Waals surface area (Å²) >= 11 is 6.20. The number of benzene rings is 1. The lowest BCUT2D eigenvalue weighted by Gasteiger charge is -2.68. The van der Waals surface area contributed by atoms with E-state index in [1.54, 1.807) is 32.0 Å². The first-order valence-corrected chi connectivity index (χ1v) is 22.8. The number of hydrogen-bond acceptors (Lipinski definition) is 7. The number of esters is 1. The molecule has 0 radical (unpaired) electrons. The maximum absolute atomic E-state index is 15.2. The third-order valence-corrected chi connectivity index (χ3v) is 17.0. The number of carbonyl (C=O) groups is 3. The number of carboxylic acid groups (broad SMARTS) is 1. The van der Waals surface area contributed by atoms with Crippen LogP contribution in [0.15, 0.2) is 29.3 Å². The number of rotatable bonds is 16. The SMILES string of the molecule is CCC[C@@H]1[C@@]2(C)CC[C@H](OC(=O)CC(C)(C)C(=O)O)C(C)(C)[C@@H]2CC[C@@]1(C)[C@]1(C)CC[C@@]2([C@H](O)CN(CCN(C)C)Cc3cccc(Cl)c3F)CC(=O)C(C(C)C)=C2C1. The summed E-state index contributed by atoms with van der Waals surface area (Å²) in [7, 11) is 4.02. The van der Waals surface area contributed by atoms with Crippen LogP contribution < -0.4 is 0 Å². The van der Waals surface area contributed by atoms with E-state index >= 15 is 4.39 Å². The molecule has 5 rings (SSSR count). The van der Waals surface area contributed by atoms with E-state index in [2.05, 4.69) is 65.2 Å². The van der Waals surface area contributed by atoms with Crippen molar-refractivity contribution in [2.75, 3.05) is 33.7 Å². The largest absolute Gasteiger partial charge is 0.481 e. The van der Waals surface area contributed by atoms with Crippen LogP contribution in [0.3, 0.4) is 0 Å². The highest BCUT2D eigenvalue weighted by Gasteiger charge is 2.66. The van der Waals surface area contributed by atoms with Gasteiger partial charge in [-0.2, -0.15) is 0 Å². The Labute approximate surface area is 360 Å². The van der Waals surface area contributed by atoms with Crippen LogP contribution in [0.1, 0.15) is 145 Å². The minimum Gasteiger partial charge on any atom is -0.481 e. The Kier molecular flexibility index (Phi) is 14.1. The van der Waals surface area contributed by atoms with E-state index < -0.39 is 34.7 Å². The van der Waals surface area contributed by atoms with Gasteiger partial charge in [0.25, 0.3) is 0 Å². The highest BCUT2D eigenvalue weighted by atomic mass is 35.5. The van der Waals surface area contributed by atoms with Crippen molar-refractivity contribution >= 4 is 29.3 Å². The van der Waals surface area contributed by atoms with Gasteiger partial charge in [-0.3, -0.25) is 19.3 Å². The van der Waals surface area contributed by atoms with Crippen LogP contribution in [0.5, 0.6) is 0 Å². The number of allylic oxidation sites excluding steroid dienone is 1. The molecule has 4 aliphatic carbocycles. The first-order valence-electron chi connectivity index (χ1n) is 22.5. The standard InChI is InChI=1S/C49H76ClFN2O6/c1-13-15-37-47(9)20-19-39(59-40(56)28-44(4,5)43(57)58)45(6,7)36(47)18-21-48(37,10)46(8)22-23-49(27-35(54)41(31(2)3)33(49)26-46)38(55)30-53(25-24-52(11)12)29-32-16-14-17-34(50)42(32)51/h14,16-17,31,36-39,55H,13,15,18-30H2,1-12H3,(H,57,58)/t36-,37+,38+,39-,46+,47-,48+,49+/m0/s1. The second-order valence-electron chi connectivity index (χ2n) is 21.9. The van der Waals surface area contributed by atoms with Gasteiger partial charge in [-0.05, 0) is 125 Å². The summed E-state index contributed by atoms with van der Waals surface area (Å²) in [5.41, 5.74) is 0.191. The van der Waals surface area contributed by atoms with Gasteiger partial charge in [0, 0.05) is 49.0 Å². The third-order valence-electron chi connectivity index (χ3n) is 16.7. The monoisotopic (exact) mass is 843 g/mol. The number of fused-ring (bicyclic) bond motifs is 2. The van der Waals surface area contributed by atoms with Crippen molar-refractivity contribution in [1.82, 2.24) is 9.80 Å². The van der Waals surface area contributed by atoms with Crippen LogP contribution >= 0.6 is 11.6 Å². The van der Waals surface area contributed by atoms with Crippen LogP contribution in [0.4, 0.5) is 4.39 Å². The lowest BCUT2D eigenvalue weighted by molar-refractivity contribution is -0.214. The second kappa shape index (κ2) is 17.4. The van der Waals surface area contributed by atoms with Gasteiger partial charge in [0.1, 0.15) is 11.9 Å². The molecule has 0 aromatic heterocycles. The van der Waals surface area contributed by atoms with Gasteiger partial charge in [0.05, 0.1) is 23.0 Å². The number of carboxylic acids is 1. The van der Waals surface area contributed by atoms with E-state index in [1.807, 2.05) is 14.1 Å². The molecule has 332 valence electrons. The zero-order chi connectivity index (χ0) is 44.1. The Hall–Kier alpha value is -2.33. The topological polar surface area (TPSA) is 107 Å². The highest BCUT2D eigenvalue weighted by Crippen LogP contribution is 2.73.